The van der Waals surface area contributed by atoms with E-state index in [0.717, 1.165) is 37.9 Å². The average Bonchev–Trinajstić information content (AvgIpc) is 2.39. The number of alkyl halides is 3. The zero-order valence-corrected chi connectivity index (χ0v) is 11.9. The predicted molar refractivity (Wildman–Crippen MR) is 72.1 cm³/mol. The van der Waals surface area contributed by atoms with Gasteiger partial charge in [-0.05, 0) is 49.9 Å². The van der Waals surface area contributed by atoms with Crippen molar-refractivity contribution < 1.29 is 17.6 Å². The van der Waals surface area contributed by atoms with Gasteiger partial charge in [0, 0.05) is 6.04 Å². The first-order valence-corrected chi connectivity index (χ1v) is 6.97. The molecule has 0 bridgehead atoms. The van der Waals surface area contributed by atoms with Crippen molar-refractivity contribution >= 4 is 0 Å². The minimum atomic E-state index is -4.63. The van der Waals surface area contributed by atoms with E-state index in [-0.39, 0.29) is 6.04 Å². The van der Waals surface area contributed by atoms with Gasteiger partial charge in [-0.25, -0.2) is 4.39 Å². The molecule has 0 saturated carbocycles. The largest absolute Gasteiger partial charge is 0.419 e. The molecule has 1 rings (SSSR count). The first kappa shape index (κ1) is 17.0. The first-order chi connectivity index (χ1) is 9.38. The van der Waals surface area contributed by atoms with Gasteiger partial charge in [0.25, 0.3) is 0 Å². The number of benzene rings is 1. The summed E-state index contributed by atoms with van der Waals surface area (Å²) in [6.45, 7) is 5.00. The van der Waals surface area contributed by atoms with Crippen molar-refractivity contribution in [1.29, 1.82) is 0 Å². The summed E-state index contributed by atoms with van der Waals surface area (Å²) in [5.41, 5.74) is -0.653. The topological polar surface area (TPSA) is 12.0 Å². The van der Waals surface area contributed by atoms with Crippen molar-refractivity contribution in [2.75, 3.05) is 6.54 Å². The van der Waals surface area contributed by atoms with Crippen LogP contribution in [0.25, 0.3) is 0 Å². The fourth-order valence-electron chi connectivity index (χ4n) is 2.09. The van der Waals surface area contributed by atoms with E-state index >= 15 is 0 Å². The molecule has 1 nitrogen and oxygen atoms in total. The van der Waals surface area contributed by atoms with Crippen molar-refractivity contribution in [2.45, 2.75) is 51.7 Å². The van der Waals surface area contributed by atoms with Crippen molar-refractivity contribution in [3.05, 3.63) is 35.1 Å². The molecule has 1 atom stereocenters. The van der Waals surface area contributed by atoms with Crippen LogP contribution in [-0.2, 0) is 12.6 Å². The summed E-state index contributed by atoms with van der Waals surface area (Å²) in [6, 6.07) is 3.53. The Morgan fingerprint density at radius 1 is 1.20 bits per heavy atom. The van der Waals surface area contributed by atoms with Gasteiger partial charge in [0.1, 0.15) is 5.82 Å². The molecule has 5 heteroatoms. The number of aryl methyl sites for hydroxylation is 1. The molecule has 0 radical (unpaired) electrons. The van der Waals surface area contributed by atoms with Crippen molar-refractivity contribution in [3.63, 3.8) is 0 Å². The third-order valence-corrected chi connectivity index (χ3v) is 3.29. The summed E-state index contributed by atoms with van der Waals surface area (Å²) in [6.07, 6.45) is -1.43. The Morgan fingerprint density at radius 3 is 2.45 bits per heavy atom. The molecule has 0 aliphatic carbocycles. The summed E-state index contributed by atoms with van der Waals surface area (Å²) in [5, 5.41) is 3.35. The fraction of sp³-hybridized carbons (Fsp3) is 0.600. The summed E-state index contributed by atoms with van der Waals surface area (Å²) in [7, 11) is 0. The van der Waals surface area contributed by atoms with Crippen LogP contribution in [0.4, 0.5) is 17.6 Å². The Morgan fingerprint density at radius 2 is 1.90 bits per heavy atom. The molecule has 0 amide bonds. The molecule has 1 N–H and O–H groups in total. The maximum Gasteiger partial charge on any atom is 0.419 e. The van der Waals surface area contributed by atoms with Crippen LogP contribution in [0.2, 0.25) is 0 Å². The second kappa shape index (κ2) is 7.62. The number of halogens is 4. The molecule has 1 aromatic rings. The van der Waals surface area contributed by atoms with E-state index in [1.54, 1.807) is 0 Å². The molecule has 1 unspecified atom stereocenters. The Hall–Kier alpha value is -1.10. The van der Waals surface area contributed by atoms with Crippen LogP contribution in [0.1, 0.15) is 44.2 Å². The fourth-order valence-corrected chi connectivity index (χ4v) is 2.09. The van der Waals surface area contributed by atoms with Crippen LogP contribution in [0.15, 0.2) is 18.2 Å². The molecule has 0 spiro atoms. The molecule has 114 valence electrons. The third-order valence-electron chi connectivity index (χ3n) is 3.29. The summed E-state index contributed by atoms with van der Waals surface area (Å²) in [5.74, 6) is -1.21. The highest BCUT2D eigenvalue weighted by Gasteiger charge is 2.34. The summed E-state index contributed by atoms with van der Waals surface area (Å²) < 4.78 is 51.0. The van der Waals surface area contributed by atoms with Gasteiger partial charge in [-0.2, -0.15) is 13.2 Å². The normalized spacial score (nSPS) is 13.5. The van der Waals surface area contributed by atoms with E-state index in [1.807, 2.05) is 6.92 Å². The number of nitrogens with one attached hydrogen (secondary N) is 1. The van der Waals surface area contributed by atoms with E-state index in [9.17, 15) is 17.6 Å². The van der Waals surface area contributed by atoms with E-state index in [0.29, 0.717) is 12.0 Å². The quantitative estimate of drug-likeness (QED) is 0.726. The zero-order valence-electron chi connectivity index (χ0n) is 11.9. The van der Waals surface area contributed by atoms with Gasteiger partial charge < -0.3 is 5.32 Å². The SMILES string of the molecule is CCCNC(CC)CCc1ccc(F)c(C(F)(F)F)c1. The summed E-state index contributed by atoms with van der Waals surface area (Å²) in [4.78, 5) is 0. The van der Waals surface area contributed by atoms with Crippen LogP contribution in [-0.4, -0.2) is 12.6 Å². The molecule has 1 aromatic carbocycles. The van der Waals surface area contributed by atoms with Gasteiger partial charge in [0.2, 0.25) is 0 Å². The van der Waals surface area contributed by atoms with Gasteiger partial charge >= 0.3 is 6.18 Å². The molecular weight excluding hydrogens is 270 g/mol. The first-order valence-electron chi connectivity index (χ1n) is 6.97. The predicted octanol–water partition coefficient (Wildman–Crippen LogP) is 4.56. The monoisotopic (exact) mass is 291 g/mol. The van der Waals surface area contributed by atoms with Gasteiger partial charge in [-0.15, -0.1) is 0 Å². The molecule has 0 saturated heterocycles. The molecular formula is C15H21F4N. The van der Waals surface area contributed by atoms with Crippen molar-refractivity contribution in [2.24, 2.45) is 0 Å². The lowest BCUT2D eigenvalue weighted by Gasteiger charge is -2.17. The van der Waals surface area contributed by atoms with Crippen molar-refractivity contribution in [3.8, 4) is 0 Å². The van der Waals surface area contributed by atoms with E-state index in [4.69, 9.17) is 0 Å². The maximum absolute atomic E-state index is 13.2. The highest BCUT2D eigenvalue weighted by molar-refractivity contribution is 5.27. The Bertz CT molecular complexity index is 415. The van der Waals surface area contributed by atoms with Crippen LogP contribution >= 0.6 is 0 Å². The van der Waals surface area contributed by atoms with E-state index in [1.165, 1.54) is 6.07 Å². The lowest BCUT2D eigenvalue weighted by molar-refractivity contribution is -0.140. The highest BCUT2D eigenvalue weighted by atomic mass is 19.4. The zero-order chi connectivity index (χ0) is 15.2. The Balaban J connectivity index is 2.69. The second-order valence-electron chi connectivity index (χ2n) is 4.91. The van der Waals surface area contributed by atoms with Crippen LogP contribution in [0.3, 0.4) is 0 Å². The standard InChI is InChI=1S/C15H21F4N/c1-3-9-20-12(4-2)7-5-11-6-8-14(16)13(10-11)15(17,18)19/h6,8,10,12,20H,3-5,7,9H2,1-2H3. The van der Waals surface area contributed by atoms with Crippen LogP contribution in [0, 0.1) is 5.82 Å². The number of rotatable bonds is 7. The van der Waals surface area contributed by atoms with Crippen LogP contribution < -0.4 is 5.32 Å². The smallest absolute Gasteiger partial charge is 0.314 e. The van der Waals surface area contributed by atoms with Crippen LogP contribution in [0.5, 0.6) is 0 Å². The average molecular weight is 291 g/mol. The molecule has 0 heterocycles. The molecule has 0 aliphatic heterocycles. The lowest BCUT2D eigenvalue weighted by atomic mass is 10.0. The van der Waals surface area contributed by atoms with Gasteiger partial charge in [-0.3, -0.25) is 0 Å². The second-order valence-corrected chi connectivity index (χ2v) is 4.91. The third kappa shape index (κ3) is 5.12. The number of hydrogen-bond acceptors (Lipinski definition) is 1. The molecule has 0 aromatic heterocycles. The van der Waals surface area contributed by atoms with Gasteiger partial charge in [0.05, 0.1) is 5.56 Å². The van der Waals surface area contributed by atoms with Gasteiger partial charge in [-0.1, -0.05) is 19.9 Å². The number of hydrogen-bond donors (Lipinski definition) is 1. The minimum Gasteiger partial charge on any atom is -0.314 e. The van der Waals surface area contributed by atoms with Crippen molar-refractivity contribution in [1.82, 2.24) is 5.32 Å². The maximum atomic E-state index is 13.2. The lowest BCUT2D eigenvalue weighted by Crippen LogP contribution is -2.29. The highest BCUT2D eigenvalue weighted by Crippen LogP contribution is 2.32. The minimum absolute atomic E-state index is 0.286. The Kier molecular flexibility index (Phi) is 6.46. The molecule has 0 fully saturated rings. The van der Waals surface area contributed by atoms with Gasteiger partial charge in [0.15, 0.2) is 0 Å². The summed E-state index contributed by atoms with van der Waals surface area (Å²) >= 11 is 0. The van der Waals surface area contributed by atoms with E-state index in [2.05, 4.69) is 12.2 Å². The molecule has 20 heavy (non-hydrogen) atoms. The van der Waals surface area contributed by atoms with E-state index < -0.39 is 17.6 Å². The molecule has 0 aliphatic rings. The Labute approximate surface area is 117 Å².